The van der Waals surface area contributed by atoms with Gasteiger partial charge in [0, 0.05) is 13.0 Å². The second kappa shape index (κ2) is 8.28. The fourth-order valence-electron chi connectivity index (χ4n) is 3.28. The zero-order valence-corrected chi connectivity index (χ0v) is 16.3. The molecule has 3 rings (SSSR count). The van der Waals surface area contributed by atoms with Crippen LogP contribution in [0.15, 0.2) is 18.2 Å². The Bertz CT molecular complexity index is 720. The molecule has 5 heteroatoms. The molecule has 1 unspecified atom stereocenters. The van der Waals surface area contributed by atoms with Crippen LogP contribution in [0.25, 0.3) is 10.2 Å². The molecule has 0 saturated carbocycles. The van der Waals surface area contributed by atoms with Crippen LogP contribution in [-0.4, -0.2) is 30.1 Å². The molecule has 0 radical (unpaired) electrons. The summed E-state index contributed by atoms with van der Waals surface area (Å²) < 4.78 is 6.93. The third-order valence-corrected chi connectivity index (χ3v) is 5.79. The Labute approximate surface area is 154 Å². The summed E-state index contributed by atoms with van der Waals surface area (Å²) in [6.07, 6.45) is 4.77. The molecule has 1 saturated heterocycles. The molecule has 0 spiro atoms. The molecule has 4 nitrogen and oxygen atoms in total. The van der Waals surface area contributed by atoms with E-state index < -0.39 is 0 Å². The summed E-state index contributed by atoms with van der Waals surface area (Å²) in [4.78, 5) is 19.6. The minimum Gasteiger partial charge on any atom is -0.376 e. The van der Waals surface area contributed by atoms with E-state index in [4.69, 9.17) is 9.72 Å². The van der Waals surface area contributed by atoms with Crippen LogP contribution in [-0.2, 0) is 9.53 Å². The van der Waals surface area contributed by atoms with Gasteiger partial charge in [-0.15, -0.1) is 0 Å². The van der Waals surface area contributed by atoms with Gasteiger partial charge in [-0.3, -0.25) is 9.69 Å². The third kappa shape index (κ3) is 4.21. The number of para-hydroxylation sites is 1. The van der Waals surface area contributed by atoms with Gasteiger partial charge in [0.2, 0.25) is 5.91 Å². The normalized spacial score (nSPS) is 17.5. The zero-order chi connectivity index (χ0) is 17.8. The van der Waals surface area contributed by atoms with Crippen LogP contribution in [0.1, 0.15) is 64.4 Å². The van der Waals surface area contributed by atoms with Gasteiger partial charge in [-0.25, -0.2) is 4.98 Å². The Morgan fingerprint density at radius 1 is 1.44 bits per heavy atom. The molecule has 1 aliphatic heterocycles. The average molecular weight is 361 g/mol. The number of carbonyl (C=O) groups is 1. The first kappa shape index (κ1) is 18.3. The van der Waals surface area contributed by atoms with Crippen molar-refractivity contribution in [2.24, 2.45) is 0 Å². The van der Waals surface area contributed by atoms with Crippen molar-refractivity contribution < 1.29 is 9.53 Å². The van der Waals surface area contributed by atoms with Gasteiger partial charge in [-0.1, -0.05) is 50.7 Å². The van der Waals surface area contributed by atoms with E-state index in [1.807, 2.05) is 4.90 Å². The zero-order valence-electron chi connectivity index (χ0n) is 15.5. The van der Waals surface area contributed by atoms with E-state index in [1.165, 1.54) is 5.56 Å². The molecule has 1 atom stereocenters. The maximum atomic E-state index is 12.8. The van der Waals surface area contributed by atoms with Crippen LogP contribution in [0.4, 0.5) is 5.13 Å². The van der Waals surface area contributed by atoms with Crippen molar-refractivity contribution in [1.29, 1.82) is 0 Å². The van der Waals surface area contributed by atoms with Gasteiger partial charge in [0.05, 0.1) is 22.9 Å². The van der Waals surface area contributed by atoms with Crippen LogP contribution in [0, 0.1) is 0 Å². The van der Waals surface area contributed by atoms with Crippen molar-refractivity contribution in [3.05, 3.63) is 23.8 Å². The Morgan fingerprint density at radius 2 is 2.28 bits per heavy atom. The number of fused-ring (bicyclic) bond motifs is 1. The molecule has 1 aliphatic rings. The van der Waals surface area contributed by atoms with Crippen LogP contribution in [0.5, 0.6) is 0 Å². The summed E-state index contributed by atoms with van der Waals surface area (Å²) in [5.74, 6) is 0.587. The van der Waals surface area contributed by atoms with Gasteiger partial charge in [0.25, 0.3) is 0 Å². The molecule has 1 aromatic heterocycles. The SMILES string of the molecule is CCCCC(=O)N(CC1CCCO1)c1nc2c(C(C)C)cccc2s1. The number of anilines is 1. The molecule has 25 heavy (non-hydrogen) atoms. The number of ether oxygens (including phenoxy) is 1. The van der Waals surface area contributed by atoms with Crippen molar-refractivity contribution in [3.8, 4) is 0 Å². The maximum Gasteiger partial charge on any atom is 0.228 e. The molecule has 0 N–H and O–H groups in total. The second-order valence-corrected chi connectivity index (χ2v) is 8.10. The van der Waals surface area contributed by atoms with Gasteiger partial charge in [0.1, 0.15) is 0 Å². The number of benzene rings is 1. The van der Waals surface area contributed by atoms with Gasteiger partial charge >= 0.3 is 0 Å². The molecule has 136 valence electrons. The first-order valence-corrected chi connectivity index (χ1v) is 10.2. The Kier molecular flexibility index (Phi) is 6.07. The summed E-state index contributed by atoms with van der Waals surface area (Å²) in [5, 5.41) is 0.819. The largest absolute Gasteiger partial charge is 0.376 e. The highest BCUT2D eigenvalue weighted by molar-refractivity contribution is 7.22. The lowest BCUT2D eigenvalue weighted by molar-refractivity contribution is -0.119. The molecular weight excluding hydrogens is 332 g/mol. The van der Waals surface area contributed by atoms with Crippen molar-refractivity contribution in [1.82, 2.24) is 4.98 Å². The predicted molar refractivity (Wildman–Crippen MR) is 105 cm³/mol. The number of rotatable bonds is 7. The summed E-state index contributed by atoms with van der Waals surface area (Å²) in [6, 6.07) is 6.33. The molecule has 1 aromatic carbocycles. The lowest BCUT2D eigenvalue weighted by atomic mass is 10.0. The lowest BCUT2D eigenvalue weighted by Crippen LogP contribution is -2.37. The molecule has 2 aromatic rings. The van der Waals surface area contributed by atoms with E-state index in [9.17, 15) is 4.79 Å². The highest BCUT2D eigenvalue weighted by Crippen LogP contribution is 2.34. The number of nitrogens with zero attached hydrogens (tertiary/aromatic N) is 2. The summed E-state index contributed by atoms with van der Waals surface area (Å²) in [6.45, 7) is 7.91. The van der Waals surface area contributed by atoms with Crippen molar-refractivity contribution in [3.63, 3.8) is 0 Å². The number of hydrogen-bond donors (Lipinski definition) is 0. The van der Waals surface area contributed by atoms with Gasteiger partial charge in [-0.05, 0) is 36.8 Å². The lowest BCUT2D eigenvalue weighted by Gasteiger charge is -2.23. The maximum absolute atomic E-state index is 12.8. The van der Waals surface area contributed by atoms with E-state index in [2.05, 4.69) is 39.0 Å². The number of carbonyl (C=O) groups excluding carboxylic acids is 1. The first-order valence-electron chi connectivity index (χ1n) is 9.41. The number of hydrogen-bond acceptors (Lipinski definition) is 4. The minimum atomic E-state index is 0.141. The van der Waals surface area contributed by atoms with E-state index in [0.29, 0.717) is 18.9 Å². The van der Waals surface area contributed by atoms with E-state index in [-0.39, 0.29) is 12.0 Å². The summed E-state index contributed by atoms with van der Waals surface area (Å²) in [5.41, 5.74) is 2.29. The number of aromatic nitrogens is 1. The van der Waals surface area contributed by atoms with Crippen LogP contribution in [0.2, 0.25) is 0 Å². The molecule has 1 fully saturated rings. The quantitative estimate of drug-likeness (QED) is 0.688. The van der Waals surface area contributed by atoms with E-state index >= 15 is 0 Å². The van der Waals surface area contributed by atoms with Gasteiger partial charge < -0.3 is 4.74 Å². The van der Waals surface area contributed by atoms with Crippen LogP contribution < -0.4 is 4.90 Å². The number of thiazole rings is 1. The third-order valence-electron chi connectivity index (χ3n) is 4.75. The van der Waals surface area contributed by atoms with E-state index in [1.54, 1.807) is 11.3 Å². The molecular formula is C20H28N2O2S. The predicted octanol–water partition coefficient (Wildman–Crippen LogP) is 5.12. The molecule has 2 heterocycles. The van der Waals surface area contributed by atoms with Crippen molar-refractivity contribution in [2.75, 3.05) is 18.1 Å². The number of unbranched alkanes of at least 4 members (excludes halogenated alkanes) is 1. The van der Waals surface area contributed by atoms with Gasteiger partial charge in [0.15, 0.2) is 5.13 Å². The van der Waals surface area contributed by atoms with Crippen LogP contribution in [0.3, 0.4) is 0 Å². The molecule has 0 bridgehead atoms. The minimum absolute atomic E-state index is 0.141. The monoisotopic (exact) mass is 360 g/mol. The average Bonchev–Trinajstić information content (AvgIpc) is 3.25. The van der Waals surface area contributed by atoms with E-state index in [0.717, 1.165) is 47.6 Å². The topological polar surface area (TPSA) is 42.4 Å². The summed E-state index contributed by atoms with van der Waals surface area (Å²) in [7, 11) is 0. The van der Waals surface area contributed by atoms with Crippen molar-refractivity contribution in [2.45, 2.75) is 64.9 Å². The van der Waals surface area contributed by atoms with Crippen molar-refractivity contribution >= 4 is 32.6 Å². The number of amides is 1. The Hall–Kier alpha value is -1.46. The fourth-order valence-corrected chi connectivity index (χ4v) is 4.31. The highest BCUT2D eigenvalue weighted by atomic mass is 32.1. The Balaban J connectivity index is 1.92. The van der Waals surface area contributed by atoms with Crippen LogP contribution >= 0.6 is 11.3 Å². The van der Waals surface area contributed by atoms with Gasteiger partial charge in [-0.2, -0.15) is 0 Å². The highest BCUT2D eigenvalue weighted by Gasteiger charge is 2.26. The first-order chi connectivity index (χ1) is 12.1. The summed E-state index contributed by atoms with van der Waals surface area (Å²) >= 11 is 1.62. The Morgan fingerprint density at radius 3 is 2.96 bits per heavy atom. The fraction of sp³-hybridized carbons (Fsp3) is 0.600. The standard InChI is InChI=1S/C20H28N2O2S/c1-4-5-11-18(23)22(13-15-8-7-12-24-15)20-21-19-16(14(2)3)9-6-10-17(19)25-20/h6,9-10,14-15H,4-5,7-8,11-13H2,1-3H3. The second-order valence-electron chi connectivity index (χ2n) is 7.09. The molecule has 1 amide bonds. The molecule has 0 aliphatic carbocycles. The smallest absolute Gasteiger partial charge is 0.228 e.